The Bertz CT molecular complexity index is 819. The molecule has 0 saturated heterocycles. The number of amides is 1. The zero-order chi connectivity index (χ0) is 18.6. The Morgan fingerprint density at radius 3 is 2.52 bits per heavy atom. The average Bonchev–Trinajstić information content (AvgIpc) is 2.56. The van der Waals surface area contributed by atoms with Crippen molar-refractivity contribution in [3.05, 3.63) is 65.1 Å². The minimum Gasteiger partial charge on any atom is -0.362 e. The molecule has 2 aromatic rings. The fraction of sp³-hybridized carbons (Fsp3) is 0.211. The van der Waals surface area contributed by atoms with Gasteiger partial charge in [-0.1, -0.05) is 24.3 Å². The van der Waals surface area contributed by atoms with E-state index >= 15 is 0 Å². The van der Waals surface area contributed by atoms with Crippen molar-refractivity contribution in [2.24, 2.45) is 0 Å². The van der Waals surface area contributed by atoms with E-state index in [0.29, 0.717) is 11.3 Å². The van der Waals surface area contributed by atoms with Gasteiger partial charge in [-0.25, -0.2) is 9.87 Å². The first-order valence-corrected chi connectivity index (χ1v) is 7.77. The summed E-state index contributed by atoms with van der Waals surface area (Å²) < 4.78 is 15.0. The van der Waals surface area contributed by atoms with Crippen LogP contribution in [0.1, 0.15) is 27.0 Å². The maximum Gasteiger partial charge on any atom is 0.277 e. The average molecular weight is 343 g/mol. The Labute approximate surface area is 146 Å². The molecule has 0 aliphatic rings. The fourth-order valence-electron chi connectivity index (χ4n) is 2.55. The maximum atomic E-state index is 15.0. The number of anilines is 3. The first-order chi connectivity index (χ1) is 11.9. The van der Waals surface area contributed by atoms with E-state index in [9.17, 15) is 9.18 Å². The van der Waals surface area contributed by atoms with Crippen LogP contribution in [-0.4, -0.2) is 13.0 Å². The van der Waals surface area contributed by atoms with Crippen LogP contribution >= 0.6 is 0 Å². The van der Waals surface area contributed by atoms with Crippen LogP contribution in [0.15, 0.2) is 37.0 Å². The molecule has 0 heterocycles. The molecule has 132 valence electrons. The van der Waals surface area contributed by atoms with Crippen molar-refractivity contribution in [1.29, 1.82) is 0 Å². The SMILES string of the molecule is C=CNc1cc(C(=O)NOC)c(Nc2ccc(C)cc2C)c(F)c1C. The summed E-state index contributed by atoms with van der Waals surface area (Å²) >= 11 is 0. The number of benzene rings is 2. The van der Waals surface area contributed by atoms with Crippen molar-refractivity contribution in [2.45, 2.75) is 20.8 Å². The van der Waals surface area contributed by atoms with E-state index in [-0.39, 0.29) is 11.3 Å². The van der Waals surface area contributed by atoms with Crippen LogP contribution in [0, 0.1) is 26.6 Å². The third-order valence-electron chi connectivity index (χ3n) is 3.85. The Kier molecular flexibility index (Phi) is 5.77. The molecule has 3 N–H and O–H groups in total. The highest BCUT2D eigenvalue weighted by Crippen LogP contribution is 2.33. The van der Waals surface area contributed by atoms with Crippen LogP contribution in [0.5, 0.6) is 0 Å². The monoisotopic (exact) mass is 343 g/mol. The molecule has 0 bridgehead atoms. The number of aryl methyl sites for hydroxylation is 2. The van der Waals surface area contributed by atoms with Crippen molar-refractivity contribution in [1.82, 2.24) is 5.48 Å². The first kappa shape index (κ1) is 18.5. The molecule has 0 atom stereocenters. The molecule has 0 aliphatic carbocycles. The standard InChI is InChI=1S/C19H22FN3O2/c1-6-21-16-10-14(19(24)23-25-5)18(17(20)13(16)4)22-15-8-7-11(2)9-12(15)3/h6-10,21-22H,1H2,2-5H3,(H,23,24). The molecule has 5 nitrogen and oxygen atoms in total. The third-order valence-corrected chi connectivity index (χ3v) is 3.85. The number of carbonyl (C=O) groups is 1. The van der Waals surface area contributed by atoms with Gasteiger partial charge in [-0.15, -0.1) is 0 Å². The fourth-order valence-corrected chi connectivity index (χ4v) is 2.55. The van der Waals surface area contributed by atoms with E-state index in [1.165, 1.54) is 13.3 Å². The molecule has 0 unspecified atom stereocenters. The highest BCUT2D eigenvalue weighted by molar-refractivity contribution is 6.01. The van der Waals surface area contributed by atoms with Crippen LogP contribution in [0.25, 0.3) is 0 Å². The maximum absolute atomic E-state index is 15.0. The van der Waals surface area contributed by atoms with Crippen LogP contribution in [-0.2, 0) is 4.84 Å². The summed E-state index contributed by atoms with van der Waals surface area (Å²) in [5.41, 5.74) is 6.04. The molecule has 0 fully saturated rings. The number of halogens is 1. The van der Waals surface area contributed by atoms with Gasteiger partial charge in [0.05, 0.1) is 18.4 Å². The predicted octanol–water partition coefficient (Wildman–Crippen LogP) is 4.34. The van der Waals surface area contributed by atoms with E-state index in [1.54, 1.807) is 13.0 Å². The lowest BCUT2D eigenvalue weighted by atomic mass is 10.0. The minimum absolute atomic E-state index is 0.0913. The second-order valence-corrected chi connectivity index (χ2v) is 5.71. The summed E-state index contributed by atoms with van der Waals surface area (Å²) in [4.78, 5) is 17.0. The highest BCUT2D eigenvalue weighted by atomic mass is 19.1. The second-order valence-electron chi connectivity index (χ2n) is 5.71. The molecular formula is C19H22FN3O2. The van der Waals surface area contributed by atoms with Crippen LogP contribution in [0.4, 0.5) is 21.5 Å². The Morgan fingerprint density at radius 2 is 1.92 bits per heavy atom. The van der Waals surface area contributed by atoms with Gasteiger partial charge in [-0.2, -0.15) is 0 Å². The molecule has 2 aromatic carbocycles. The lowest BCUT2D eigenvalue weighted by Gasteiger charge is -2.18. The smallest absolute Gasteiger partial charge is 0.277 e. The summed E-state index contributed by atoms with van der Waals surface area (Å²) in [5.74, 6) is -1.08. The summed E-state index contributed by atoms with van der Waals surface area (Å²) in [6.45, 7) is 9.10. The number of carbonyl (C=O) groups excluding carboxylic acids is 1. The van der Waals surface area contributed by atoms with E-state index < -0.39 is 11.7 Å². The summed E-state index contributed by atoms with van der Waals surface area (Å²) in [6.07, 6.45) is 1.43. The molecule has 2 rings (SSSR count). The molecule has 0 radical (unpaired) electrons. The molecule has 0 aliphatic heterocycles. The van der Waals surface area contributed by atoms with Crippen molar-refractivity contribution in [3.63, 3.8) is 0 Å². The van der Waals surface area contributed by atoms with Gasteiger partial charge >= 0.3 is 0 Å². The van der Waals surface area contributed by atoms with Gasteiger partial charge in [0.25, 0.3) is 5.91 Å². The van der Waals surface area contributed by atoms with E-state index in [4.69, 9.17) is 0 Å². The Hall–Kier alpha value is -2.86. The summed E-state index contributed by atoms with van der Waals surface area (Å²) in [7, 11) is 1.32. The lowest BCUT2D eigenvalue weighted by molar-refractivity contribution is 0.0538. The zero-order valence-corrected chi connectivity index (χ0v) is 14.8. The lowest BCUT2D eigenvalue weighted by Crippen LogP contribution is -2.23. The highest BCUT2D eigenvalue weighted by Gasteiger charge is 2.21. The van der Waals surface area contributed by atoms with Gasteiger partial charge in [0, 0.05) is 16.9 Å². The van der Waals surface area contributed by atoms with Crippen molar-refractivity contribution in [3.8, 4) is 0 Å². The molecule has 25 heavy (non-hydrogen) atoms. The quantitative estimate of drug-likeness (QED) is 0.683. The molecule has 0 saturated carbocycles. The Balaban J connectivity index is 2.59. The second kappa shape index (κ2) is 7.81. The molecule has 0 aromatic heterocycles. The van der Waals surface area contributed by atoms with Crippen LogP contribution in [0.3, 0.4) is 0 Å². The third kappa shape index (κ3) is 3.97. The van der Waals surface area contributed by atoms with E-state index in [1.807, 2.05) is 32.0 Å². The first-order valence-electron chi connectivity index (χ1n) is 7.77. The molecular weight excluding hydrogens is 321 g/mol. The summed E-state index contributed by atoms with van der Waals surface area (Å²) in [6, 6.07) is 7.31. The van der Waals surface area contributed by atoms with Gasteiger partial charge in [-0.05, 0) is 44.7 Å². The van der Waals surface area contributed by atoms with Crippen LogP contribution < -0.4 is 16.1 Å². The molecule has 1 amide bonds. The largest absolute Gasteiger partial charge is 0.362 e. The summed E-state index contributed by atoms with van der Waals surface area (Å²) in [5, 5.41) is 5.88. The number of rotatable bonds is 6. The van der Waals surface area contributed by atoms with Crippen LogP contribution in [0.2, 0.25) is 0 Å². The topological polar surface area (TPSA) is 62.4 Å². The van der Waals surface area contributed by atoms with Crippen molar-refractivity contribution >= 4 is 23.0 Å². The van der Waals surface area contributed by atoms with Gasteiger partial charge in [-0.3, -0.25) is 9.63 Å². The van der Waals surface area contributed by atoms with Gasteiger partial charge in [0.1, 0.15) is 0 Å². The van der Waals surface area contributed by atoms with E-state index in [0.717, 1.165) is 16.8 Å². The Morgan fingerprint density at radius 1 is 1.20 bits per heavy atom. The van der Waals surface area contributed by atoms with Gasteiger partial charge < -0.3 is 10.6 Å². The normalized spacial score (nSPS) is 10.3. The van der Waals surface area contributed by atoms with E-state index in [2.05, 4.69) is 27.5 Å². The molecule has 6 heteroatoms. The molecule has 0 spiro atoms. The predicted molar refractivity (Wildman–Crippen MR) is 98.6 cm³/mol. The number of hydrogen-bond donors (Lipinski definition) is 3. The van der Waals surface area contributed by atoms with Gasteiger partial charge in [0.2, 0.25) is 0 Å². The minimum atomic E-state index is -0.555. The number of nitrogens with one attached hydrogen (secondary N) is 3. The van der Waals surface area contributed by atoms with Crippen molar-refractivity contribution in [2.75, 3.05) is 17.7 Å². The van der Waals surface area contributed by atoms with Crippen molar-refractivity contribution < 1.29 is 14.0 Å². The zero-order valence-electron chi connectivity index (χ0n) is 14.8. The number of hydrogen-bond acceptors (Lipinski definition) is 4. The van der Waals surface area contributed by atoms with Gasteiger partial charge in [0.15, 0.2) is 5.82 Å². The number of hydroxylamine groups is 1.